The summed E-state index contributed by atoms with van der Waals surface area (Å²) in [4.78, 5) is 12.0. The summed E-state index contributed by atoms with van der Waals surface area (Å²) in [5.41, 5.74) is 3.15. The van der Waals surface area contributed by atoms with Crippen LogP contribution in [0.15, 0.2) is 91.0 Å². The molecule has 1 saturated carbocycles. The van der Waals surface area contributed by atoms with Crippen molar-refractivity contribution < 1.29 is 14.6 Å². The zero-order chi connectivity index (χ0) is 20.2. The first-order chi connectivity index (χ1) is 14.2. The van der Waals surface area contributed by atoms with Crippen molar-refractivity contribution in [1.82, 2.24) is 0 Å². The molecule has 1 unspecified atom stereocenters. The van der Waals surface area contributed by atoms with Gasteiger partial charge in [-0.1, -0.05) is 91.0 Å². The Bertz CT molecular complexity index is 863. The van der Waals surface area contributed by atoms with Gasteiger partial charge in [0.15, 0.2) is 6.29 Å². The summed E-state index contributed by atoms with van der Waals surface area (Å²) in [5.74, 6) is -0.523. The molecular formula is C26H26O3. The van der Waals surface area contributed by atoms with Gasteiger partial charge in [0, 0.05) is 23.7 Å². The van der Waals surface area contributed by atoms with E-state index in [1.165, 1.54) is 0 Å². The molecule has 1 aliphatic rings. The number of hydrogen-bond donors (Lipinski definition) is 1. The minimum Gasteiger partial charge on any atom is -0.368 e. The van der Waals surface area contributed by atoms with Crippen molar-refractivity contribution in [2.75, 3.05) is 0 Å². The van der Waals surface area contributed by atoms with Crippen LogP contribution in [0.25, 0.3) is 0 Å². The van der Waals surface area contributed by atoms with Gasteiger partial charge in [0.2, 0.25) is 0 Å². The van der Waals surface area contributed by atoms with E-state index in [1.807, 2.05) is 97.9 Å². The number of aldehydes is 1. The SMILES string of the molecule is C[C@H](OC(O)C1[C@H](c2ccccc2)C(C=O)[C@H]1c1ccccc1)c1ccccc1. The van der Waals surface area contributed by atoms with Crippen molar-refractivity contribution >= 4 is 6.29 Å². The van der Waals surface area contributed by atoms with E-state index in [0.29, 0.717) is 0 Å². The van der Waals surface area contributed by atoms with Crippen molar-refractivity contribution in [3.63, 3.8) is 0 Å². The average molecular weight is 386 g/mol. The summed E-state index contributed by atoms with van der Waals surface area (Å²) in [6.45, 7) is 1.95. The first-order valence-corrected chi connectivity index (χ1v) is 10.1. The van der Waals surface area contributed by atoms with Gasteiger partial charge in [-0.05, 0) is 23.6 Å². The summed E-state index contributed by atoms with van der Waals surface area (Å²) in [5, 5.41) is 11.1. The number of ether oxygens (including phenoxy) is 1. The van der Waals surface area contributed by atoms with E-state index in [4.69, 9.17) is 4.74 Å². The van der Waals surface area contributed by atoms with Crippen LogP contribution in [-0.2, 0) is 9.53 Å². The van der Waals surface area contributed by atoms with Crippen molar-refractivity contribution in [3.05, 3.63) is 108 Å². The maximum atomic E-state index is 12.0. The van der Waals surface area contributed by atoms with Gasteiger partial charge in [0.05, 0.1) is 6.10 Å². The summed E-state index contributed by atoms with van der Waals surface area (Å²) in [7, 11) is 0. The predicted octanol–water partition coefficient (Wildman–Crippen LogP) is 5.10. The topological polar surface area (TPSA) is 46.5 Å². The van der Waals surface area contributed by atoms with Crippen LogP contribution >= 0.6 is 0 Å². The average Bonchev–Trinajstić information content (AvgIpc) is 2.75. The van der Waals surface area contributed by atoms with Gasteiger partial charge in [-0.15, -0.1) is 0 Å². The molecule has 1 fully saturated rings. The quantitative estimate of drug-likeness (QED) is 0.454. The lowest BCUT2D eigenvalue weighted by Gasteiger charge is -2.52. The van der Waals surface area contributed by atoms with Crippen LogP contribution in [-0.4, -0.2) is 17.7 Å². The van der Waals surface area contributed by atoms with Gasteiger partial charge < -0.3 is 14.6 Å². The molecule has 0 heterocycles. The van der Waals surface area contributed by atoms with E-state index < -0.39 is 6.29 Å². The number of carbonyl (C=O) groups excluding carboxylic acids is 1. The molecule has 0 amide bonds. The van der Waals surface area contributed by atoms with E-state index in [-0.39, 0.29) is 29.8 Å². The molecule has 0 bridgehead atoms. The predicted molar refractivity (Wildman–Crippen MR) is 113 cm³/mol. The van der Waals surface area contributed by atoms with Crippen molar-refractivity contribution in [1.29, 1.82) is 0 Å². The highest BCUT2D eigenvalue weighted by molar-refractivity contribution is 5.62. The van der Waals surface area contributed by atoms with Crippen molar-refractivity contribution in [3.8, 4) is 0 Å². The Labute approximate surface area is 172 Å². The van der Waals surface area contributed by atoms with Crippen LogP contribution in [0.5, 0.6) is 0 Å². The fraction of sp³-hybridized carbons (Fsp3) is 0.269. The lowest BCUT2D eigenvalue weighted by Crippen LogP contribution is -2.50. The second kappa shape index (κ2) is 8.73. The maximum Gasteiger partial charge on any atom is 0.159 e. The number of carbonyl (C=O) groups is 1. The summed E-state index contributed by atoms with van der Waals surface area (Å²) in [6.07, 6.45) is -0.176. The molecule has 3 aromatic rings. The van der Waals surface area contributed by atoms with Crippen molar-refractivity contribution in [2.24, 2.45) is 11.8 Å². The molecule has 29 heavy (non-hydrogen) atoms. The van der Waals surface area contributed by atoms with E-state index >= 15 is 0 Å². The van der Waals surface area contributed by atoms with E-state index in [2.05, 4.69) is 0 Å². The van der Waals surface area contributed by atoms with Crippen LogP contribution in [0.4, 0.5) is 0 Å². The first kappa shape index (κ1) is 19.6. The third-order valence-electron chi connectivity index (χ3n) is 6.13. The van der Waals surface area contributed by atoms with Gasteiger partial charge >= 0.3 is 0 Å². The van der Waals surface area contributed by atoms with Crippen LogP contribution in [0.1, 0.15) is 41.6 Å². The molecule has 0 spiro atoms. The van der Waals surface area contributed by atoms with Crippen LogP contribution < -0.4 is 0 Å². The van der Waals surface area contributed by atoms with Gasteiger partial charge in [-0.2, -0.15) is 0 Å². The molecule has 1 aliphatic carbocycles. The Kier molecular flexibility index (Phi) is 5.89. The van der Waals surface area contributed by atoms with E-state index in [1.54, 1.807) is 0 Å². The van der Waals surface area contributed by atoms with Gasteiger partial charge in [-0.25, -0.2) is 0 Å². The first-order valence-electron chi connectivity index (χ1n) is 10.1. The fourth-order valence-electron chi connectivity index (χ4n) is 4.68. The monoisotopic (exact) mass is 386 g/mol. The lowest BCUT2D eigenvalue weighted by atomic mass is 9.52. The van der Waals surface area contributed by atoms with Crippen LogP contribution in [0.2, 0.25) is 0 Å². The number of aliphatic hydroxyl groups excluding tert-OH is 1. The van der Waals surface area contributed by atoms with Gasteiger partial charge in [0.25, 0.3) is 0 Å². The Morgan fingerprint density at radius 3 is 1.69 bits per heavy atom. The summed E-state index contributed by atoms with van der Waals surface area (Å²) in [6, 6.07) is 29.8. The molecule has 1 N–H and O–H groups in total. The Morgan fingerprint density at radius 1 is 0.793 bits per heavy atom. The molecule has 3 nitrogen and oxygen atoms in total. The normalized spacial score (nSPS) is 25.6. The molecule has 0 aliphatic heterocycles. The second-order valence-corrected chi connectivity index (χ2v) is 7.74. The standard InChI is InChI=1S/C26H26O3/c1-18(19-11-5-2-6-12-19)29-26(28)25-23(20-13-7-3-8-14-20)22(17-27)24(25)21-15-9-4-10-16-21/h2-18,22-26,28H,1H3/t18-,22?,23+,24+,25?,26?/m0/s1. The number of hydrogen-bond acceptors (Lipinski definition) is 3. The smallest absolute Gasteiger partial charge is 0.159 e. The van der Waals surface area contributed by atoms with Crippen molar-refractivity contribution in [2.45, 2.75) is 31.2 Å². The highest BCUT2D eigenvalue weighted by Gasteiger charge is 2.55. The minimum atomic E-state index is -0.975. The summed E-state index contributed by atoms with van der Waals surface area (Å²) < 4.78 is 6.08. The van der Waals surface area contributed by atoms with Gasteiger partial charge in [-0.3, -0.25) is 0 Å². The Balaban J connectivity index is 1.64. The molecule has 4 atom stereocenters. The maximum absolute atomic E-state index is 12.0. The fourth-order valence-corrected chi connectivity index (χ4v) is 4.68. The molecule has 0 aromatic heterocycles. The zero-order valence-corrected chi connectivity index (χ0v) is 16.5. The van der Waals surface area contributed by atoms with E-state index in [9.17, 15) is 9.90 Å². The number of benzene rings is 3. The third kappa shape index (κ3) is 3.89. The van der Waals surface area contributed by atoms with E-state index in [0.717, 1.165) is 23.0 Å². The Hall–Kier alpha value is -2.75. The van der Waals surface area contributed by atoms with Crippen LogP contribution in [0.3, 0.4) is 0 Å². The third-order valence-corrected chi connectivity index (χ3v) is 6.13. The molecule has 148 valence electrons. The molecule has 3 heteroatoms. The Morgan fingerprint density at radius 2 is 1.24 bits per heavy atom. The lowest BCUT2D eigenvalue weighted by molar-refractivity contribution is -0.199. The molecule has 4 rings (SSSR count). The molecule has 3 aromatic carbocycles. The second-order valence-electron chi connectivity index (χ2n) is 7.74. The zero-order valence-electron chi connectivity index (χ0n) is 16.5. The highest BCUT2D eigenvalue weighted by Crippen LogP contribution is 2.58. The van der Waals surface area contributed by atoms with Crippen LogP contribution in [0, 0.1) is 11.8 Å². The number of aliphatic hydroxyl groups is 1. The molecule has 0 radical (unpaired) electrons. The highest BCUT2D eigenvalue weighted by atomic mass is 16.6. The minimum absolute atomic E-state index is 0.0723. The van der Waals surface area contributed by atoms with Gasteiger partial charge in [0.1, 0.15) is 6.29 Å². The molecule has 0 saturated heterocycles. The molecular weight excluding hydrogens is 360 g/mol. The summed E-state index contributed by atoms with van der Waals surface area (Å²) >= 11 is 0. The largest absolute Gasteiger partial charge is 0.368 e. The number of rotatable bonds is 7.